The van der Waals surface area contributed by atoms with Crippen LogP contribution in [0.3, 0.4) is 0 Å². The number of nitrogens with zero attached hydrogens (tertiary/aromatic N) is 2. The summed E-state index contributed by atoms with van der Waals surface area (Å²) >= 11 is 0. The van der Waals surface area contributed by atoms with Gasteiger partial charge in [-0.05, 0) is 30.5 Å². The third-order valence-corrected chi connectivity index (χ3v) is 4.48. The van der Waals surface area contributed by atoms with Crippen LogP contribution >= 0.6 is 0 Å². The molecule has 1 unspecified atom stereocenters. The molecule has 23 heavy (non-hydrogen) atoms. The topological polar surface area (TPSA) is 62.5 Å². The largest absolute Gasteiger partial charge is 0.394 e. The van der Waals surface area contributed by atoms with Gasteiger partial charge in [-0.25, -0.2) is 0 Å². The lowest BCUT2D eigenvalue weighted by atomic mass is 9.92. The summed E-state index contributed by atoms with van der Waals surface area (Å²) in [5, 5.41) is 9.81. The summed E-state index contributed by atoms with van der Waals surface area (Å²) in [7, 11) is 1.76. The molecule has 0 spiro atoms. The van der Waals surface area contributed by atoms with Crippen LogP contribution < -0.4 is 0 Å². The maximum Gasteiger partial charge on any atom is 0.271 e. The molecule has 1 aliphatic rings. The lowest BCUT2D eigenvalue weighted by Crippen LogP contribution is -2.42. The van der Waals surface area contributed by atoms with Crippen molar-refractivity contribution in [1.29, 1.82) is 0 Å². The van der Waals surface area contributed by atoms with E-state index in [-0.39, 0.29) is 24.3 Å². The van der Waals surface area contributed by atoms with Gasteiger partial charge in [0, 0.05) is 25.4 Å². The zero-order chi connectivity index (χ0) is 16.6. The molecule has 0 radical (unpaired) electrons. The molecule has 2 heterocycles. The number of Topliss-reactive ketones (excluding diaryl/α,β-unsaturated/α-hetero) is 1. The lowest BCUT2D eigenvalue weighted by molar-refractivity contribution is 0.0559. The third kappa shape index (κ3) is 2.68. The Morgan fingerprint density at radius 3 is 2.70 bits per heavy atom. The van der Waals surface area contributed by atoms with Gasteiger partial charge in [-0.1, -0.05) is 24.3 Å². The van der Waals surface area contributed by atoms with E-state index in [2.05, 4.69) is 0 Å². The Balaban J connectivity index is 1.95. The van der Waals surface area contributed by atoms with Crippen LogP contribution in [0.25, 0.3) is 0 Å². The Bertz CT molecular complexity index is 763. The SMILES string of the molecule is CC(=O)c1cc(C(=O)N2CCc3ccccc3C2CO)n(C)c1. The van der Waals surface area contributed by atoms with E-state index in [1.165, 1.54) is 12.5 Å². The van der Waals surface area contributed by atoms with Crippen LogP contribution in [0.2, 0.25) is 0 Å². The Labute approximate surface area is 135 Å². The molecule has 1 amide bonds. The minimum absolute atomic E-state index is 0.0673. The number of rotatable bonds is 3. The molecule has 2 aromatic rings. The van der Waals surface area contributed by atoms with E-state index in [1.807, 2.05) is 24.3 Å². The van der Waals surface area contributed by atoms with Gasteiger partial charge < -0.3 is 14.6 Å². The monoisotopic (exact) mass is 312 g/mol. The van der Waals surface area contributed by atoms with Crippen LogP contribution in [0.15, 0.2) is 36.5 Å². The van der Waals surface area contributed by atoms with Gasteiger partial charge in [0.25, 0.3) is 5.91 Å². The first kappa shape index (κ1) is 15.5. The fourth-order valence-corrected chi connectivity index (χ4v) is 3.21. The number of ketones is 1. The van der Waals surface area contributed by atoms with E-state index < -0.39 is 0 Å². The fraction of sp³-hybridized carbons (Fsp3) is 0.333. The Morgan fingerprint density at radius 1 is 1.30 bits per heavy atom. The second kappa shape index (κ2) is 6.01. The van der Waals surface area contributed by atoms with Crippen molar-refractivity contribution in [2.24, 2.45) is 7.05 Å². The molecular formula is C18H20N2O3. The summed E-state index contributed by atoms with van der Waals surface area (Å²) in [5.41, 5.74) is 3.16. The van der Waals surface area contributed by atoms with E-state index >= 15 is 0 Å². The summed E-state index contributed by atoms with van der Waals surface area (Å²) in [6.45, 7) is 1.92. The van der Waals surface area contributed by atoms with Gasteiger partial charge in [-0.15, -0.1) is 0 Å². The molecule has 5 nitrogen and oxygen atoms in total. The lowest BCUT2D eigenvalue weighted by Gasteiger charge is -2.36. The molecule has 1 aromatic carbocycles. The summed E-state index contributed by atoms with van der Waals surface area (Å²) in [4.78, 5) is 26.1. The van der Waals surface area contributed by atoms with Crippen LogP contribution in [0.4, 0.5) is 0 Å². The Hall–Kier alpha value is -2.40. The second-order valence-corrected chi connectivity index (χ2v) is 5.93. The summed E-state index contributed by atoms with van der Waals surface area (Å²) in [6.07, 6.45) is 2.43. The van der Waals surface area contributed by atoms with Crippen molar-refractivity contribution < 1.29 is 14.7 Å². The molecule has 1 aromatic heterocycles. The molecule has 1 aliphatic heterocycles. The van der Waals surface area contributed by atoms with Crippen LogP contribution in [-0.4, -0.2) is 39.4 Å². The predicted octanol–water partition coefficient (Wildman–Crippen LogP) is 1.96. The summed E-state index contributed by atoms with van der Waals surface area (Å²) in [6, 6.07) is 9.17. The first-order chi connectivity index (χ1) is 11.0. The Morgan fingerprint density at radius 2 is 2.04 bits per heavy atom. The van der Waals surface area contributed by atoms with Crippen molar-refractivity contribution in [3.63, 3.8) is 0 Å². The highest BCUT2D eigenvalue weighted by molar-refractivity contribution is 5.99. The number of fused-ring (bicyclic) bond motifs is 1. The number of aryl methyl sites for hydroxylation is 1. The van der Waals surface area contributed by atoms with Crippen molar-refractivity contribution in [3.8, 4) is 0 Å². The number of amides is 1. The molecule has 1 N–H and O–H groups in total. The third-order valence-electron chi connectivity index (χ3n) is 4.48. The molecule has 0 saturated carbocycles. The maximum absolute atomic E-state index is 12.9. The van der Waals surface area contributed by atoms with Gasteiger partial charge in [0.15, 0.2) is 5.78 Å². The highest BCUT2D eigenvalue weighted by Crippen LogP contribution is 2.30. The number of aliphatic hydroxyl groups excluding tert-OH is 1. The van der Waals surface area contributed by atoms with E-state index in [0.29, 0.717) is 17.8 Å². The molecular weight excluding hydrogens is 292 g/mol. The van der Waals surface area contributed by atoms with Gasteiger partial charge >= 0.3 is 0 Å². The van der Waals surface area contributed by atoms with Gasteiger partial charge in [0.1, 0.15) is 5.69 Å². The highest BCUT2D eigenvalue weighted by Gasteiger charge is 2.31. The average molecular weight is 312 g/mol. The smallest absolute Gasteiger partial charge is 0.271 e. The van der Waals surface area contributed by atoms with Gasteiger partial charge in [0.2, 0.25) is 0 Å². The molecule has 0 bridgehead atoms. The van der Waals surface area contributed by atoms with Gasteiger partial charge in [-0.3, -0.25) is 9.59 Å². The fourth-order valence-electron chi connectivity index (χ4n) is 3.21. The van der Waals surface area contributed by atoms with Crippen molar-refractivity contribution in [2.75, 3.05) is 13.2 Å². The molecule has 5 heteroatoms. The first-order valence-electron chi connectivity index (χ1n) is 7.70. The van der Waals surface area contributed by atoms with Crippen molar-refractivity contribution >= 4 is 11.7 Å². The quantitative estimate of drug-likeness (QED) is 0.881. The number of hydrogen-bond donors (Lipinski definition) is 1. The molecule has 0 fully saturated rings. The van der Waals surface area contributed by atoms with E-state index in [1.54, 1.807) is 28.8 Å². The average Bonchev–Trinajstić information content (AvgIpc) is 2.95. The number of aromatic nitrogens is 1. The van der Waals surface area contributed by atoms with Crippen LogP contribution in [0.1, 0.15) is 44.9 Å². The zero-order valence-corrected chi connectivity index (χ0v) is 13.3. The second-order valence-electron chi connectivity index (χ2n) is 5.93. The number of hydrogen-bond acceptors (Lipinski definition) is 3. The van der Waals surface area contributed by atoms with Crippen LogP contribution in [-0.2, 0) is 13.5 Å². The van der Waals surface area contributed by atoms with E-state index in [9.17, 15) is 14.7 Å². The normalized spacial score (nSPS) is 17.0. The van der Waals surface area contributed by atoms with Crippen molar-refractivity contribution in [2.45, 2.75) is 19.4 Å². The molecule has 0 saturated heterocycles. The van der Waals surface area contributed by atoms with Crippen LogP contribution in [0.5, 0.6) is 0 Å². The summed E-state index contributed by atoms with van der Waals surface area (Å²) < 4.78 is 1.67. The molecule has 3 rings (SSSR count). The number of aliphatic hydroxyl groups is 1. The summed E-state index contributed by atoms with van der Waals surface area (Å²) in [5.74, 6) is -0.226. The van der Waals surface area contributed by atoms with E-state index in [4.69, 9.17) is 0 Å². The Kier molecular flexibility index (Phi) is 4.05. The standard InChI is InChI=1S/C18H20N2O3/c1-12(22)14-9-16(19(2)10-14)18(23)20-8-7-13-5-3-4-6-15(13)17(20)11-21/h3-6,9-10,17,21H,7-8,11H2,1-2H3. The number of benzene rings is 1. The molecule has 120 valence electrons. The molecule has 1 atom stereocenters. The minimum atomic E-state index is -0.344. The minimum Gasteiger partial charge on any atom is -0.394 e. The van der Waals surface area contributed by atoms with Crippen LogP contribution in [0, 0.1) is 0 Å². The maximum atomic E-state index is 12.9. The van der Waals surface area contributed by atoms with Gasteiger partial charge in [0.05, 0.1) is 12.6 Å². The number of carbonyl (C=O) groups is 2. The van der Waals surface area contributed by atoms with Crippen molar-refractivity contribution in [1.82, 2.24) is 9.47 Å². The highest BCUT2D eigenvalue weighted by atomic mass is 16.3. The zero-order valence-electron chi connectivity index (χ0n) is 13.3. The number of carbonyl (C=O) groups excluding carboxylic acids is 2. The first-order valence-corrected chi connectivity index (χ1v) is 7.70. The van der Waals surface area contributed by atoms with Crippen molar-refractivity contribution in [3.05, 3.63) is 58.9 Å². The molecule has 0 aliphatic carbocycles. The van der Waals surface area contributed by atoms with E-state index in [0.717, 1.165) is 12.0 Å². The predicted molar refractivity (Wildman–Crippen MR) is 86.4 cm³/mol. The van der Waals surface area contributed by atoms with Gasteiger partial charge in [-0.2, -0.15) is 0 Å².